The zero-order chi connectivity index (χ0) is 15.1. The van der Waals surface area contributed by atoms with E-state index >= 15 is 0 Å². The summed E-state index contributed by atoms with van der Waals surface area (Å²) in [7, 11) is 0. The zero-order valence-electron chi connectivity index (χ0n) is 13.2. The molecular formula is C19H26N2O. The van der Waals surface area contributed by atoms with E-state index in [1.807, 2.05) is 30.3 Å². The van der Waals surface area contributed by atoms with Gasteiger partial charge in [0.25, 0.3) is 0 Å². The van der Waals surface area contributed by atoms with Crippen LogP contribution in [0.15, 0.2) is 30.3 Å². The van der Waals surface area contributed by atoms with Crippen molar-refractivity contribution in [3.05, 3.63) is 35.9 Å². The van der Waals surface area contributed by atoms with Crippen LogP contribution in [0.25, 0.3) is 0 Å². The molecule has 0 aromatic heterocycles. The summed E-state index contributed by atoms with van der Waals surface area (Å²) in [6.45, 7) is 0.984. The minimum absolute atomic E-state index is 0.175. The number of hydrogen-bond donors (Lipinski definition) is 1. The molecule has 3 nitrogen and oxygen atoms in total. The Kier molecular flexibility index (Phi) is 3.69. The molecule has 2 heterocycles. The van der Waals surface area contributed by atoms with Crippen molar-refractivity contribution in [1.82, 2.24) is 4.90 Å². The van der Waals surface area contributed by atoms with E-state index in [4.69, 9.17) is 5.73 Å². The molecule has 4 fully saturated rings. The fraction of sp³-hybridized carbons (Fsp3) is 0.632. The molecule has 3 heteroatoms. The summed E-state index contributed by atoms with van der Waals surface area (Å²) in [4.78, 5) is 15.0. The van der Waals surface area contributed by atoms with Gasteiger partial charge < -0.3 is 10.6 Å². The molecule has 22 heavy (non-hydrogen) atoms. The first-order chi connectivity index (χ1) is 10.7. The SMILES string of the molecule is NC(CC(=O)N1CC2CC3CC(C2)CC1C3)c1ccccc1. The molecule has 0 radical (unpaired) electrons. The summed E-state index contributed by atoms with van der Waals surface area (Å²) >= 11 is 0. The lowest BCUT2D eigenvalue weighted by atomic mass is 9.68. The van der Waals surface area contributed by atoms with Crippen molar-refractivity contribution >= 4 is 5.91 Å². The number of nitrogens with two attached hydrogens (primary N) is 1. The van der Waals surface area contributed by atoms with Crippen molar-refractivity contribution < 1.29 is 4.79 Å². The van der Waals surface area contributed by atoms with Gasteiger partial charge in [-0.1, -0.05) is 30.3 Å². The van der Waals surface area contributed by atoms with Crippen LogP contribution in [0.1, 0.15) is 50.1 Å². The molecule has 1 aromatic carbocycles. The third-order valence-corrected chi connectivity index (χ3v) is 6.05. The first kappa shape index (κ1) is 14.3. The van der Waals surface area contributed by atoms with Gasteiger partial charge in [0, 0.05) is 25.0 Å². The van der Waals surface area contributed by atoms with Crippen LogP contribution in [0, 0.1) is 17.8 Å². The minimum atomic E-state index is -0.175. The third-order valence-electron chi connectivity index (χ3n) is 6.05. The number of amides is 1. The molecule has 1 amide bonds. The molecule has 2 aliphatic heterocycles. The predicted molar refractivity (Wildman–Crippen MR) is 87.0 cm³/mol. The van der Waals surface area contributed by atoms with E-state index in [2.05, 4.69) is 4.90 Å². The molecular weight excluding hydrogens is 272 g/mol. The predicted octanol–water partition coefficient (Wildman–Crippen LogP) is 3.11. The molecule has 5 rings (SSSR count). The smallest absolute Gasteiger partial charge is 0.224 e. The van der Waals surface area contributed by atoms with Gasteiger partial charge in [-0.15, -0.1) is 0 Å². The second-order valence-corrected chi connectivity index (χ2v) is 7.70. The van der Waals surface area contributed by atoms with Crippen LogP contribution in [0.5, 0.6) is 0 Å². The van der Waals surface area contributed by atoms with E-state index in [1.165, 1.54) is 32.1 Å². The number of nitrogens with zero attached hydrogens (tertiary/aromatic N) is 1. The van der Waals surface area contributed by atoms with Gasteiger partial charge in [0.2, 0.25) is 5.91 Å². The molecule has 0 spiro atoms. The molecule has 4 bridgehead atoms. The summed E-state index contributed by atoms with van der Waals surface area (Å²) in [5.74, 6) is 2.77. The van der Waals surface area contributed by atoms with Crippen LogP contribution >= 0.6 is 0 Å². The number of carbonyl (C=O) groups is 1. The van der Waals surface area contributed by atoms with Crippen molar-refractivity contribution in [3.63, 3.8) is 0 Å². The molecule has 3 atom stereocenters. The Balaban J connectivity index is 1.46. The van der Waals surface area contributed by atoms with Gasteiger partial charge in [-0.05, 0) is 55.4 Å². The highest BCUT2D eigenvalue weighted by molar-refractivity contribution is 5.77. The van der Waals surface area contributed by atoms with E-state index in [1.54, 1.807) is 0 Å². The summed E-state index contributed by atoms with van der Waals surface area (Å²) < 4.78 is 0. The summed E-state index contributed by atoms with van der Waals surface area (Å²) in [5.41, 5.74) is 7.33. The minimum Gasteiger partial charge on any atom is -0.339 e. The van der Waals surface area contributed by atoms with Crippen molar-refractivity contribution in [3.8, 4) is 0 Å². The van der Waals surface area contributed by atoms with Crippen molar-refractivity contribution in [2.45, 2.75) is 50.6 Å². The fourth-order valence-electron chi connectivity index (χ4n) is 5.21. The Morgan fingerprint density at radius 2 is 1.68 bits per heavy atom. The largest absolute Gasteiger partial charge is 0.339 e. The Hall–Kier alpha value is -1.35. The Morgan fingerprint density at radius 1 is 1.05 bits per heavy atom. The second kappa shape index (κ2) is 5.69. The molecule has 1 aromatic rings. The van der Waals surface area contributed by atoms with Gasteiger partial charge in [-0.25, -0.2) is 0 Å². The Morgan fingerprint density at radius 3 is 2.36 bits per heavy atom. The second-order valence-electron chi connectivity index (χ2n) is 7.70. The van der Waals surface area contributed by atoms with Crippen LogP contribution in [-0.4, -0.2) is 23.4 Å². The first-order valence-corrected chi connectivity index (χ1v) is 8.79. The quantitative estimate of drug-likeness (QED) is 0.932. The lowest BCUT2D eigenvalue weighted by Crippen LogP contribution is -2.43. The zero-order valence-corrected chi connectivity index (χ0v) is 13.2. The molecule has 2 saturated carbocycles. The standard InChI is InChI=1S/C19H26N2O/c20-18(16-4-2-1-3-5-16)11-19(22)21-12-15-7-13-6-14(8-15)10-17(21)9-13/h1-5,13-15,17-18H,6-12,20H2. The van der Waals surface area contributed by atoms with Gasteiger partial charge in [0.15, 0.2) is 0 Å². The Labute approximate surface area is 132 Å². The van der Waals surface area contributed by atoms with E-state index in [-0.39, 0.29) is 11.9 Å². The van der Waals surface area contributed by atoms with Crippen LogP contribution in [-0.2, 0) is 4.79 Å². The molecule has 3 unspecified atom stereocenters. The summed E-state index contributed by atoms with van der Waals surface area (Å²) in [5, 5.41) is 0. The van der Waals surface area contributed by atoms with E-state index < -0.39 is 0 Å². The Bertz CT molecular complexity index is 530. The lowest BCUT2D eigenvalue weighted by Gasteiger charge is -2.39. The fourth-order valence-corrected chi connectivity index (χ4v) is 5.21. The van der Waals surface area contributed by atoms with E-state index in [0.29, 0.717) is 12.5 Å². The number of fused-ring (bicyclic) bond motifs is 1. The van der Waals surface area contributed by atoms with Gasteiger partial charge in [-0.3, -0.25) is 4.79 Å². The summed E-state index contributed by atoms with van der Waals surface area (Å²) in [6.07, 6.45) is 7.03. The monoisotopic (exact) mass is 298 g/mol. The summed E-state index contributed by atoms with van der Waals surface area (Å²) in [6, 6.07) is 10.3. The number of hydrogen-bond acceptors (Lipinski definition) is 2. The van der Waals surface area contributed by atoms with Crippen molar-refractivity contribution in [2.24, 2.45) is 23.5 Å². The van der Waals surface area contributed by atoms with Crippen molar-refractivity contribution in [2.75, 3.05) is 6.54 Å². The topological polar surface area (TPSA) is 46.3 Å². The highest BCUT2D eigenvalue weighted by atomic mass is 16.2. The number of rotatable bonds is 3. The highest BCUT2D eigenvalue weighted by Crippen LogP contribution is 2.47. The molecule has 118 valence electrons. The van der Waals surface area contributed by atoms with Gasteiger partial charge in [-0.2, -0.15) is 0 Å². The van der Waals surface area contributed by atoms with E-state index in [9.17, 15) is 4.79 Å². The van der Waals surface area contributed by atoms with Crippen LogP contribution in [0.3, 0.4) is 0 Å². The van der Waals surface area contributed by atoms with Gasteiger partial charge in [0.1, 0.15) is 0 Å². The average molecular weight is 298 g/mol. The molecule has 2 aliphatic carbocycles. The van der Waals surface area contributed by atoms with Crippen LogP contribution < -0.4 is 5.73 Å². The highest BCUT2D eigenvalue weighted by Gasteiger charge is 2.43. The van der Waals surface area contributed by atoms with E-state index in [0.717, 1.165) is 29.9 Å². The molecule has 2 saturated heterocycles. The number of benzene rings is 1. The maximum Gasteiger partial charge on any atom is 0.224 e. The average Bonchev–Trinajstić information content (AvgIpc) is 2.72. The normalized spacial score (nSPS) is 34.5. The first-order valence-electron chi connectivity index (χ1n) is 8.79. The molecule has 2 N–H and O–H groups in total. The molecule has 4 aliphatic rings. The maximum atomic E-state index is 12.8. The van der Waals surface area contributed by atoms with Crippen LogP contribution in [0.4, 0.5) is 0 Å². The van der Waals surface area contributed by atoms with Gasteiger partial charge in [0.05, 0.1) is 0 Å². The van der Waals surface area contributed by atoms with Crippen LogP contribution in [0.2, 0.25) is 0 Å². The lowest BCUT2D eigenvalue weighted by molar-refractivity contribution is -0.134. The third kappa shape index (κ3) is 2.67. The number of carbonyl (C=O) groups excluding carboxylic acids is 1. The maximum absolute atomic E-state index is 12.8. The van der Waals surface area contributed by atoms with Crippen molar-refractivity contribution in [1.29, 1.82) is 0 Å². The van der Waals surface area contributed by atoms with Gasteiger partial charge >= 0.3 is 0 Å².